The molecule has 0 saturated carbocycles. The highest BCUT2D eigenvalue weighted by molar-refractivity contribution is 7.99. The zero-order valence-electron chi connectivity index (χ0n) is 8.11. The Morgan fingerprint density at radius 3 is 2.79 bits per heavy atom. The fourth-order valence-electron chi connectivity index (χ4n) is 1.27. The van der Waals surface area contributed by atoms with E-state index in [1.165, 1.54) is 16.0 Å². The SMILES string of the molecule is Cc1ccc(Sc2cn[nH]n2)c(C)c1. The van der Waals surface area contributed by atoms with E-state index in [1.807, 2.05) is 0 Å². The van der Waals surface area contributed by atoms with Gasteiger partial charge in [-0.2, -0.15) is 10.3 Å². The summed E-state index contributed by atoms with van der Waals surface area (Å²) in [6, 6.07) is 6.39. The number of rotatable bonds is 2. The predicted molar refractivity (Wildman–Crippen MR) is 56.4 cm³/mol. The average molecular weight is 205 g/mol. The molecule has 0 aliphatic heterocycles. The molecular weight excluding hydrogens is 194 g/mol. The van der Waals surface area contributed by atoms with E-state index < -0.39 is 0 Å². The summed E-state index contributed by atoms with van der Waals surface area (Å²) in [5.74, 6) is 0. The van der Waals surface area contributed by atoms with Gasteiger partial charge in [0.1, 0.15) is 5.03 Å². The topological polar surface area (TPSA) is 41.6 Å². The molecular formula is C10H11N3S. The van der Waals surface area contributed by atoms with E-state index in [4.69, 9.17) is 0 Å². The van der Waals surface area contributed by atoms with E-state index in [0.717, 1.165) is 5.03 Å². The molecule has 3 nitrogen and oxygen atoms in total. The molecule has 0 radical (unpaired) electrons. The van der Waals surface area contributed by atoms with Gasteiger partial charge in [0, 0.05) is 4.90 Å². The molecule has 0 aliphatic carbocycles. The van der Waals surface area contributed by atoms with Crippen LogP contribution in [0.2, 0.25) is 0 Å². The van der Waals surface area contributed by atoms with E-state index in [2.05, 4.69) is 47.5 Å². The molecule has 4 heteroatoms. The monoisotopic (exact) mass is 205 g/mol. The number of hydrogen-bond donors (Lipinski definition) is 1. The minimum Gasteiger partial charge on any atom is -0.197 e. The molecule has 1 heterocycles. The van der Waals surface area contributed by atoms with E-state index in [-0.39, 0.29) is 0 Å². The first kappa shape index (κ1) is 9.27. The van der Waals surface area contributed by atoms with Crippen LogP contribution in [-0.2, 0) is 0 Å². The van der Waals surface area contributed by atoms with Gasteiger partial charge in [-0.3, -0.25) is 0 Å². The summed E-state index contributed by atoms with van der Waals surface area (Å²) in [6.07, 6.45) is 1.73. The van der Waals surface area contributed by atoms with Crippen molar-refractivity contribution in [2.24, 2.45) is 0 Å². The summed E-state index contributed by atoms with van der Waals surface area (Å²) in [7, 11) is 0. The maximum absolute atomic E-state index is 4.00. The maximum Gasteiger partial charge on any atom is 0.143 e. The highest BCUT2D eigenvalue weighted by atomic mass is 32.2. The lowest BCUT2D eigenvalue weighted by molar-refractivity contribution is 0.911. The smallest absolute Gasteiger partial charge is 0.143 e. The van der Waals surface area contributed by atoms with Crippen molar-refractivity contribution in [2.75, 3.05) is 0 Å². The number of nitrogens with one attached hydrogen (secondary N) is 1. The molecule has 1 aromatic heterocycles. The maximum atomic E-state index is 4.00. The van der Waals surface area contributed by atoms with Gasteiger partial charge in [-0.1, -0.05) is 29.5 Å². The van der Waals surface area contributed by atoms with Crippen LogP contribution < -0.4 is 0 Å². The van der Waals surface area contributed by atoms with Crippen LogP contribution in [0.25, 0.3) is 0 Å². The van der Waals surface area contributed by atoms with Gasteiger partial charge >= 0.3 is 0 Å². The molecule has 0 unspecified atom stereocenters. The molecule has 2 rings (SSSR count). The molecule has 72 valence electrons. The first-order chi connectivity index (χ1) is 6.75. The number of nitrogens with zero attached hydrogens (tertiary/aromatic N) is 2. The van der Waals surface area contributed by atoms with Crippen LogP contribution in [0, 0.1) is 13.8 Å². The zero-order valence-corrected chi connectivity index (χ0v) is 8.93. The standard InChI is InChI=1S/C10H11N3S/c1-7-3-4-9(8(2)5-7)14-10-6-11-13-12-10/h3-6H,1-2H3,(H,11,12,13). The number of aromatic amines is 1. The summed E-state index contributed by atoms with van der Waals surface area (Å²) in [4.78, 5) is 1.23. The quantitative estimate of drug-likeness (QED) is 0.819. The minimum absolute atomic E-state index is 0.900. The van der Waals surface area contributed by atoms with Crippen LogP contribution in [0.3, 0.4) is 0 Å². The fourth-order valence-corrected chi connectivity index (χ4v) is 2.04. The summed E-state index contributed by atoms with van der Waals surface area (Å²) < 4.78 is 0. The summed E-state index contributed by atoms with van der Waals surface area (Å²) in [5, 5.41) is 11.3. The van der Waals surface area contributed by atoms with E-state index in [0.29, 0.717) is 0 Å². The molecule has 0 saturated heterocycles. The first-order valence-corrected chi connectivity index (χ1v) is 5.18. The second-order valence-electron chi connectivity index (χ2n) is 3.18. The van der Waals surface area contributed by atoms with Crippen LogP contribution >= 0.6 is 11.8 Å². The lowest BCUT2D eigenvalue weighted by Crippen LogP contribution is -1.81. The van der Waals surface area contributed by atoms with Crippen molar-refractivity contribution in [3.05, 3.63) is 35.5 Å². The van der Waals surface area contributed by atoms with Crippen molar-refractivity contribution in [3.8, 4) is 0 Å². The van der Waals surface area contributed by atoms with Crippen molar-refractivity contribution in [1.29, 1.82) is 0 Å². The van der Waals surface area contributed by atoms with Crippen molar-refractivity contribution in [3.63, 3.8) is 0 Å². The Morgan fingerprint density at radius 1 is 1.29 bits per heavy atom. The number of benzene rings is 1. The molecule has 1 aromatic carbocycles. The van der Waals surface area contributed by atoms with Crippen molar-refractivity contribution in [2.45, 2.75) is 23.8 Å². The molecule has 0 atom stereocenters. The van der Waals surface area contributed by atoms with Crippen LogP contribution in [-0.4, -0.2) is 15.4 Å². The van der Waals surface area contributed by atoms with Crippen molar-refractivity contribution in [1.82, 2.24) is 15.4 Å². The molecule has 14 heavy (non-hydrogen) atoms. The molecule has 0 spiro atoms. The molecule has 0 aliphatic rings. The van der Waals surface area contributed by atoms with Gasteiger partial charge in [-0.25, -0.2) is 0 Å². The van der Waals surface area contributed by atoms with E-state index in [9.17, 15) is 0 Å². The molecule has 2 aromatic rings. The largest absolute Gasteiger partial charge is 0.197 e. The van der Waals surface area contributed by atoms with Crippen LogP contribution in [0.15, 0.2) is 34.3 Å². The summed E-state index contributed by atoms with van der Waals surface area (Å²) >= 11 is 1.62. The van der Waals surface area contributed by atoms with Gasteiger partial charge in [-0.15, -0.1) is 5.10 Å². The Kier molecular flexibility index (Phi) is 2.54. The van der Waals surface area contributed by atoms with Crippen LogP contribution in [0.1, 0.15) is 11.1 Å². The lowest BCUT2D eigenvalue weighted by Gasteiger charge is -2.03. The van der Waals surface area contributed by atoms with Gasteiger partial charge in [0.25, 0.3) is 0 Å². The second-order valence-corrected chi connectivity index (χ2v) is 4.24. The van der Waals surface area contributed by atoms with Gasteiger partial charge in [0.2, 0.25) is 0 Å². The van der Waals surface area contributed by atoms with Gasteiger partial charge in [0.05, 0.1) is 6.20 Å². The fraction of sp³-hybridized carbons (Fsp3) is 0.200. The Labute approximate surface area is 86.9 Å². The third-order valence-corrected chi connectivity index (χ3v) is 3.02. The van der Waals surface area contributed by atoms with Crippen molar-refractivity contribution < 1.29 is 0 Å². The van der Waals surface area contributed by atoms with Crippen LogP contribution in [0.5, 0.6) is 0 Å². The highest BCUT2D eigenvalue weighted by Crippen LogP contribution is 2.28. The summed E-state index contributed by atoms with van der Waals surface area (Å²) in [5.41, 5.74) is 2.56. The third-order valence-electron chi connectivity index (χ3n) is 1.94. The Balaban J connectivity index is 2.25. The Morgan fingerprint density at radius 2 is 2.14 bits per heavy atom. The van der Waals surface area contributed by atoms with Gasteiger partial charge < -0.3 is 0 Å². The Hall–Kier alpha value is -1.29. The number of aryl methyl sites for hydroxylation is 2. The summed E-state index contributed by atoms with van der Waals surface area (Å²) in [6.45, 7) is 4.20. The molecule has 1 N–H and O–H groups in total. The van der Waals surface area contributed by atoms with Gasteiger partial charge in [0.15, 0.2) is 0 Å². The average Bonchev–Trinajstić information content (AvgIpc) is 2.62. The molecule has 0 amide bonds. The predicted octanol–water partition coefficient (Wildman–Crippen LogP) is 2.57. The van der Waals surface area contributed by atoms with Crippen molar-refractivity contribution >= 4 is 11.8 Å². The van der Waals surface area contributed by atoms with Gasteiger partial charge in [-0.05, 0) is 25.5 Å². The zero-order chi connectivity index (χ0) is 9.97. The second kappa shape index (κ2) is 3.84. The normalized spacial score (nSPS) is 10.4. The first-order valence-electron chi connectivity index (χ1n) is 4.36. The number of aromatic nitrogens is 3. The van der Waals surface area contributed by atoms with E-state index in [1.54, 1.807) is 18.0 Å². The highest BCUT2D eigenvalue weighted by Gasteiger charge is 2.02. The number of H-pyrrole nitrogens is 1. The third kappa shape index (κ3) is 1.96. The van der Waals surface area contributed by atoms with E-state index >= 15 is 0 Å². The molecule has 0 fully saturated rings. The molecule has 0 bridgehead atoms. The number of hydrogen-bond acceptors (Lipinski definition) is 3. The Bertz CT molecular complexity index is 423. The minimum atomic E-state index is 0.900. The van der Waals surface area contributed by atoms with Crippen LogP contribution in [0.4, 0.5) is 0 Å². The lowest BCUT2D eigenvalue weighted by atomic mass is 10.2.